The molecule has 0 radical (unpaired) electrons. The van der Waals surface area contributed by atoms with E-state index in [1.165, 1.54) is 0 Å². The molecule has 1 N–H and O–H groups in total. The standard InChI is InChI=1S/C9H16F3NOS/c1-2-6-15-7-4-13-3-5-14-8-9(10,11)12/h2,13H,1,3-8H2. The Morgan fingerprint density at radius 3 is 2.67 bits per heavy atom. The second kappa shape index (κ2) is 9.06. The van der Waals surface area contributed by atoms with Gasteiger partial charge in [-0.05, 0) is 0 Å². The van der Waals surface area contributed by atoms with E-state index in [-0.39, 0.29) is 6.61 Å². The van der Waals surface area contributed by atoms with Crippen molar-refractivity contribution in [1.82, 2.24) is 5.32 Å². The molecule has 0 aromatic rings. The van der Waals surface area contributed by atoms with Crippen LogP contribution < -0.4 is 5.32 Å². The van der Waals surface area contributed by atoms with Gasteiger partial charge in [-0.15, -0.1) is 6.58 Å². The SMILES string of the molecule is C=CCSCCNCCOCC(F)(F)F. The maximum atomic E-state index is 11.6. The first kappa shape index (κ1) is 14.8. The van der Waals surface area contributed by atoms with E-state index in [1.54, 1.807) is 11.8 Å². The number of alkyl halides is 3. The molecule has 0 unspecified atom stereocenters. The number of nitrogens with one attached hydrogen (secondary N) is 1. The molecule has 0 aromatic heterocycles. The van der Waals surface area contributed by atoms with Crippen LogP contribution >= 0.6 is 11.8 Å². The smallest absolute Gasteiger partial charge is 0.371 e. The van der Waals surface area contributed by atoms with Crippen LogP contribution in [0.3, 0.4) is 0 Å². The second-order valence-electron chi connectivity index (χ2n) is 2.78. The van der Waals surface area contributed by atoms with Gasteiger partial charge in [-0.1, -0.05) is 6.08 Å². The third kappa shape index (κ3) is 13.8. The first-order chi connectivity index (χ1) is 7.06. The minimum atomic E-state index is -4.22. The van der Waals surface area contributed by atoms with E-state index in [1.807, 2.05) is 6.08 Å². The van der Waals surface area contributed by atoms with Crippen LogP contribution in [0.25, 0.3) is 0 Å². The van der Waals surface area contributed by atoms with Crippen LogP contribution in [0.4, 0.5) is 13.2 Å². The van der Waals surface area contributed by atoms with Crippen molar-refractivity contribution in [2.45, 2.75) is 6.18 Å². The molecule has 0 heterocycles. The summed E-state index contributed by atoms with van der Waals surface area (Å²) in [4.78, 5) is 0. The predicted octanol–water partition coefficient (Wildman–Crippen LogP) is 2.07. The van der Waals surface area contributed by atoms with Gasteiger partial charge in [0.15, 0.2) is 0 Å². The molecule has 15 heavy (non-hydrogen) atoms. The van der Waals surface area contributed by atoms with Crippen molar-refractivity contribution in [1.29, 1.82) is 0 Å². The molecule has 0 aliphatic carbocycles. The van der Waals surface area contributed by atoms with Gasteiger partial charge in [0.1, 0.15) is 6.61 Å². The summed E-state index contributed by atoms with van der Waals surface area (Å²) >= 11 is 1.72. The molecule has 0 rings (SSSR count). The Morgan fingerprint density at radius 1 is 1.33 bits per heavy atom. The van der Waals surface area contributed by atoms with Crippen LogP contribution in [0.2, 0.25) is 0 Å². The van der Waals surface area contributed by atoms with E-state index in [0.29, 0.717) is 6.54 Å². The highest BCUT2D eigenvalue weighted by Crippen LogP contribution is 2.13. The molecule has 0 aliphatic rings. The van der Waals surface area contributed by atoms with Gasteiger partial charge in [-0.25, -0.2) is 0 Å². The van der Waals surface area contributed by atoms with Gasteiger partial charge in [0.2, 0.25) is 0 Å². The van der Waals surface area contributed by atoms with Gasteiger partial charge in [-0.3, -0.25) is 0 Å². The molecule has 0 saturated carbocycles. The molecule has 6 heteroatoms. The van der Waals surface area contributed by atoms with Crippen molar-refractivity contribution in [2.24, 2.45) is 0 Å². The van der Waals surface area contributed by atoms with E-state index < -0.39 is 12.8 Å². The maximum Gasteiger partial charge on any atom is 0.411 e. The summed E-state index contributed by atoms with van der Waals surface area (Å²) in [6, 6.07) is 0. The van der Waals surface area contributed by atoms with Gasteiger partial charge in [0.25, 0.3) is 0 Å². The predicted molar refractivity (Wildman–Crippen MR) is 57.3 cm³/mol. The van der Waals surface area contributed by atoms with Crippen molar-refractivity contribution in [2.75, 3.05) is 37.8 Å². The fourth-order valence-corrected chi connectivity index (χ4v) is 1.39. The quantitative estimate of drug-likeness (QED) is 0.495. The van der Waals surface area contributed by atoms with Crippen LogP contribution in [0.15, 0.2) is 12.7 Å². The molecule has 2 nitrogen and oxygen atoms in total. The first-order valence-corrected chi connectivity index (χ1v) is 5.75. The second-order valence-corrected chi connectivity index (χ2v) is 3.93. The number of hydrogen-bond acceptors (Lipinski definition) is 3. The van der Waals surface area contributed by atoms with E-state index in [2.05, 4.69) is 16.6 Å². The van der Waals surface area contributed by atoms with Gasteiger partial charge in [0, 0.05) is 24.6 Å². The topological polar surface area (TPSA) is 21.3 Å². The molecule has 0 aromatic carbocycles. The van der Waals surface area contributed by atoms with Crippen LogP contribution in [-0.4, -0.2) is 44.0 Å². The minimum Gasteiger partial charge on any atom is -0.371 e. The van der Waals surface area contributed by atoms with Crippen molar-refractivity contribution in [3.05, 3.63) is 12.7 Å². The molecular weight excluding hydrogens is 227 g/mol. The Balaban J connectivity index is 3.02. The Labute approximate surface area is 92.3 Å². The molecule has 0 atom stereocenters. The van der Waals surface area contributed by atoms with Gasteiger partial charge >= 0.3 is 6.18 Å². The highest BCUT2D eigenvalue weighted by atomic mass is 32.2. The van der Waals surface area contributed by atoms with Crippen molar-refractivity contribution in [3.8, 4) is 0 Å². The Morgan fingerprint density at radius 2 is 2.07 bits per heavy atom. The minimum absolute atomic E-state index is 0.0889. The van der Waals surface area contributed by atoms with Crippen molar-refractivity contribution >= 4 is 11.8 Å². The Kier molecular flexibility index (Phi) is 8.94. The van der Waals surface area contributed by atoms with E-state index in [0.717, 1.165) is 18.1 Å². The summed E-state index contributed by atoms with van der Waals surface area (Å²) < 4.78 is 39.3. The number of ether oxygens (including phenoxy) is 1. The van der Waals surface area contributed by atoms with Crippen LogP contribution in [0, 0.1) is 0 Å². The number of halogens is 3. The summed E-state index contributed by atoms with van der Waals surface area (Å²) in [6.45, 7) is 3.72. The first-order valence-electron chi connectivity index (χ1n) is 4.60. The normalized spacial score (nSPS) is 11.7. The third-order valence-electron chi connectivity index (χ3n) is 1.35. The average Bonchev–Trinajstić information content (AvgIpc) is 2.14. The summed E-state index contributed by atoms with van der Waals surface area (Å²) in [7, 11) is 0. The molecular formula is C9H16F3NOS. The fraction of sp³-hybridized carbons (Fsp3) is 0.778. The summed E-state index contributed by atoms with van der Waals surface area (Å²) in [5.74, 6) is 1.82. The molecule has 90 valence electrons. The zero-order valence-corrected chi connectivity index (χ0v) is 9.29. The lowest BCUT2D eigenvalue weighted by atomic mass is 10.6. The van der Waals surface area contributed by atoms with Gasteiger partial charge in [-0.2, -0.15) is 24.9 Å². The summed E-state index contributed by atoms with van der Waals surface area (Å²) in [5.41, 5.74) is 0. The molecule has 0 bridgehead atoms. The lowest BCUT2D eigenvalue weighted by Gasteiger charge is -2.08. The zero-order valence-electron chi connectivity index (χ0n) is 8.48. The highest BCUT2D eigenvalue weighted by molar-refractivity contribution is 7.99. The highest BCUT2D eigenvalue weighted by Gasteiger charge is 2.26. The van der Waals surface area contributed by atoms with Crippen molar-refractivity contribution < 1.29 is 17.9 Å². The van der Waals surface area contributed by atoms with Gasteiger partial charge < -0.3 is 10.1 Å². The van der Waals surface area contributed by atoms with E-state index in [4.69, 9.17) is 0 Å². The van der Waals surface area contributed by atoms with E-state index in [9.17, 15) is 13.2 Å². The Bertz CT molecular complexity index is 164. The third-order valence-corrected chi connectivity index (χ3v) is 2.31. The summed E-state index contributed by atoms with van der Waals surface area (Å²) in [6.07, 6.45) is -2.41. The van der Waals surface area contributed by atoms with Crippen LogP contribution in [-0.2, 0) is 4.74 Å². The number of thioether (sulfide) groups is 1. The number of rotatable bonds is 9. The monoisotopic (exact) mass is 243 g/mol. The average molecular weight is 243 g/mol. The maximum absolute atomic E-state index is 11.6. The van der Waals surface area contributed by atoms with Crippen molar-refractivity contribution in [3.63, 3.8) is 0 Å². The Hall–Kier alpha value is -0.200. The lowest BCUT2D eigenvalue weighted by molar-refractivity contribution is -0.173. The fourth-order valence-electron chi connectivity index (χ4n) is 0.768. The molecule has 0 saturated heterocycles. The zero-order chi connectivity index (χ0) is 11.6. The largest absolute Gasteiger partial charge is 0.411 e. The van der Waals surface area contributed by atoms with Crippen LogP contribution in [0.5, 0.6) is 0 Å². The number of hydrogen-bond donors (Lipinski definition) is 1. The molecule has 0 amide bonds. The molecule has 0 aliphatic heterocycles. The summed E-state index contributed by atoms with van der Waals surface area (Å²) in [5, 5.41) is 2.98. The van der Waals surface area contributed by atoms with Gasteiger partial charge in [0.05, 0.1) is 6.61 Å². The molecule has 0 fully saturated rings. The lowest BCUT2D eigenvalue weighted by Crippen LogP contribution is -2.25. The van der Waals surface area contributed by atoms with Crippen LogP contribution in [0.1, 0.15) is 0 Å². The van der Waals surface area contributed by atoms with E-state index >= 15 is 0 Å². The molecule has 0 spiro atoms.